The second kappa shape index (κ2) is 11.3. The maximum Gasteiger partial charge on any atom is 0.294 e. The second-order valence-corrected chi connectivity index (χ2v) is 10.4. The van der Waals surface area contributed by atoms with Crippen LogP contribution >= 0.6 is 39.3 Å². The van der Waals surface area contributed by atoms with E-state index in [9.17, 15) is 14.4 Å². The van der Waals surface area contributed by atoms with Gasteiger partial charge in [0.25, 0.3) is 11.1 Å². The summed E-state index contributed by atoms with van der Waals surface area (Å²) in [5.41, 5.74) is 4.33. The van der Waals surface area contributed by atoms with Crippen molar-refractivity contribution >= 4 is 68.1 Å². The Hall–Kier alpha value is -3.07. The molecule has 4 rings (SSSR count). The molecule has 0 aromatic heterocycles. The highest BCUT2D eigenvalue weighted by Gasteiger charge is 2.36. The topological polar surface area (TPSA) is 75.7 Å². The van der Waals surface area contributed by atoms with E-state index in [4.69, 9.17) is 16.3 Å². The molecule has 184 valence electrons. The Morgan fingerprint density at radius 2 is 1.86 bits per heavy atom. The van der Waals surface area contributed by atoms with E-state index >= 15 is 0 Å². The van der Waals surface area contributed by atoms with Crippen LogP contribution in [0.15, 0.2) is 70.0 Å². The molecule has 0 bridgehead atoms. The minimum Gasteiger partial charge on any atom is -0.488 e. The van der Waals surface area contributed by atoms with Gasteiger partial charge in [0.2, 0.25) is 5.91 Å². The first-order chi connectivity index (χ1) is 17.2. The predicted octanol–water partition coefficient (Wildman–Crippen LogP) is 6.97. The van der Waals surface area contributed by atoms with Crippen molar-refractivity contribution in [2.75, 3.05) is 11.9 Å². The Bertz CT molecular complexity index is 1390. The second-order valence-electron chi connectivity index (χ2n) is 8.19. The van der Waals surface area contributed by atoms with Crippen molar-refractivity contribution in [3.05, 3.63) is 97.3 Å². The first-order valence-corrected chi connectivity index (χ1v) is 13.0. The van der Waals surface area contributed by atoms with Crippen LogP contribution in [0, 0.1) is 13.8 Å². The van der Waals surface area contributed by atoms with Gasteiger partial charge in [-0.3, -0.25) is 19.3 Å². The molecule has 0 unspecified atom stereocenters. The molecule has 9 heteroatoms. The minimum atomic E-state index is -0.504. The van der Waals surface area contributed by atoms with E-state index in [0.717, 1.165) is 33.4 Å². The lowest BCUT2D eigenvalue weighted by Gasteiger charge is -2.13. The monoisotopic (exact) mass is 584 g/mol. The fourth-order valence-electron chi connectivity index (χ4n) is 3.45. The average molecular weight is 586 g/mol. The van der Waals surface area contributed by atoms with Crippen molar-refractivity contribution in [1.29, 1.82) is 0 Å². The maximum atomic E-state index is 12.8. The number of benzene rings is 3. The number of amides is 3. The number of aryl methyl sites for hydroxylation is 2. The van der Waals surface area contributed by atoms with Crippen molar-refractivity contribution in [1.82, 2.24) is 4.90 Å². The summed E-state index contributed by atoms with van der Waals surface area (Å²) >= 11 is 10.5. The summed E-state index contributed by atoms with van der Waals surface area (Å²) in [4.78, 5) is 39.0. The van der Waals surface area contributed by atoms with Gasteiger partial charge in [0.1, 0.15) is 18.9 Å². The first kappa shape index (κ1) is 26.0. The van der Waals surface area contributed by atoms with Crippen LogP contribution in [0.4, 0.5) is 10.5 Å². The van der Waals surface area contributed by atoms with E-state index in [2.05, 4.69) is 21.2 Å². The molecule has 0 aliphatic carbocycles. The summed E-state index contributed by atoms with van der Waals surface area (Å²) < 4.78 is 6.55. The molecule has 1 N–H and O–H groups in total. The molecule has 1 fully saturated rings. The Morgan fingerprint density at radius 1 is 1.08 bits per heavy atom. The van der Waals surface area contributed by atoms with Gasteiger partial charge in [-0.2, -0.15) is 0 Å². The van der Waals surface area contributed by atoms with Gasteiger partial charge in [-0.05, 0) is 94.6 Å². The van der Waals surface area contributed by atoms with E-state index in [1.54, 1.807) is 36.4 Å². The van der Waals surface area contributed by atoms with E-state index < -0.39 is 17.1 Å². The van der Waals surface area contributed by atoms with E-state index in [1.165, 1.54) is 0 Å². The summed E-state index contributed by atoms with van der Waals surface area (Å²) in [5.74, 6) is -0.330. The van der Waals surface area contributed by atoms with Crippen molar-refractivity contribution in [3.63, 3.8) is 0 Å². The fourth-order valence-corrected chi connectivity index (χ4v) is 4.99. The lowest BCUT2D eigenvalue weighted by Crippen LogP contribution is -2.36. The fraction of sp³-hybridized carbons (Fsp3) is 0.148. The molecule has 1 aliphatic rings. The van der Waals surface area contributed by atoms with Crippen LogP contribution in [0.1, 0.15) is 22.3 Å². The van der Waals surface area contributed by atoms with Gasteiger partial charge in [0.15, 0.2) is 0 Å². The lowest BCUT2D eigenvalue weighted by molar-refractivity contribution is -0.127. The Kier molecular flexibility index (Phi) is 8.18. The Morgan fingerprint density at radius 3 is 2.58 bits per heavy atom. The highest BCUT2D eigenvalue weighted by molar-refractivity contribution is 9.10. The summed E-state index contributed by atoms with van der Waals surface area (Å²) in [6.45, 7) is 3.88. The number of hydrogen-bond acceptors (Lipinski definition) is 5. The maximum absolute atomic E-state index is 12.8. The van der Waals surface area contributed by atoms with Crippen LogP contribution < -0.4 is 10.1 Å². The summed E-state index contributed by atoms with van der Waals surface area (Å²) in [5, 5.41) is 2.88. The number of anilines is 1. The predicted molar refractivity (Wildman–Crippen MR) is 147 cm³/mol. The number of thioether (sulfide) groups is 1. The minimum absolute atomic E-state index is 0.246. The number of carbonyl (C=O) groups excluding carboxylic acids is 3. The summed E-state index contributed by atoms with van der Waals surface area (Å²) in [6, 6.07) is 18.3. The molecule has 1 aliphatic heterocycles. The Labute approximate surface area is 226 Å². The highest BCUT2D eigenvalue weighted by Crippen LogP contribution is 2.34. The normalized spacial score (nSPS) is 14.4. The molecule has 0 atom stereocenters. The molecule has 0 radical (unpaired) electrons. The third-order valence-corrected chi connectivity index (χ3v) is 7.46. The number of rotatable bonds is 7. The standard InChI is InChI=1S/C27H22BrClN2O4S/c1-16-7-9-20(11-17(16)2)30-25(32)14-31-26(33)24(36-27(31)34)13-18-8-10-23(21(28)12-18)35-15-19-5-3-4-6-22(19)29/h3-13H,14-15H2,1-2H3,(H,30,32)/b24-13+. The van der Waals surface area contributed by atoms with Crippen molar-refractivity contribution < 1.29 is 19.1 Å². The smallest absolute Gasteiger partial charge is 0.294 e. The zero-order valence-electron chi connectivity index (χ0n) is 19.5. The molecule has 3 aromatic carbocycles. The first-order valence-electron chi connectivity index (χ1n) is 11.0. The van der Waals surface area contributed by atoms with Gasteiger partial charge in [0.05, 0.1) is 9.38 Å². The molecule has 36 heavy (non-hydrogen) atoms. The summed E-state index contributed by atoms with van der Waals surface area (Å²) in [7, 11) is 0. The van der Waals surface area contributed by atoms with Gasteiger partial charge in [0, 0.05) is 16.3 Å². The molecular weight excluding hydrogens is 564 g/mol. The Balaban J connectivity index is 1.40. The van der Waals surface area contributed by atoms with Crippen LogP contribution in [-0.2, 0) is 16.2 Å². The summed E-state index contributed by atoms with van der Waals surface area (Å²) in [6.07, 6.45) is 1.62. The molecule has 3 amide bonds. The van der Waals surface area contributed by atoms with Gasteiger partial charge in [-0.1, -0.05) is 41.9 Å². The van der Waals surface area contributed by atoms with E-state index in [0.29, 0.717) is 33.1 Å². The number of nitrogens with zero attached hydrogens (tertiary/aromatic N) is 1. The third-order valence-electron chi connectivity index (χ3n) is 5.56. The molecule has 3 aromatic rings. The molecule has 6 nitrogen and oxygen atoms in total. The van der Waals surface area contributed by atoms with Crippen LogP contribution in [0.25, 0.3) is 6.08 Å². The molecular formula is C27H22BrClN2O4S. The molecule has 1 saturated heterocycles. The van der Waals surface area contributed by atoms with Crippen LogP contribution in [0.3, 0.4) is 0 Å². The van der Waals surface area contributed by atoms with E-state index in [-0.39, 0.29) is 11.4 Å². The SMILES string of the molecule is Cc1ccc(NC(=O)CN2C(=O)S/C(=C/c3ccc(OCc4ccccc4Cl)c(Br)c3)C2=O)cc1C. The van der Waals surface area contributed by atoms with Crippen LogP contribution in [0.2, 0.25) is 5.02 Å². The highest BCUT2D eigenvalue weighted by atomic mass is 79.9. The number of imide groups is 1. The van der Waals surface area contributed by atoms with E-state index in [1.807, 2.05) is 44.2 Å². The third kappa shape index (κ3) is 6.19. The van der Waals surface area contributed by atoms with Crippen LogP contribution in [-0.4, -0.2) is 28.5 Å². The van der Waals surface area contributed by atoms with Gasteiger partial charge in [-0.25, -0.2) is 0 Å². The number of hydrogen-bond donors (Lipinski definition) is 1. The average Bonchev–Trinajstić information content (AvgIpc) is 3.09. The zero-order valence-corrected chi connectivity index (χ0v) is 22.7. The number of halogens is 2. The largest absolute Gasteiger partial charge is 0.488 e. The number of nitrogens with one attached hydrogen (secondary N) is 1. The van der Waals surface area contributed by atoms with Gasteiger partial charge < -0.3 is 10.1 Å². The molecule has 0 spiro atoms. The molecule has 1 heterocycles. The van der Waals surface area contributed by atoms with Gasteiger partial charge >= 0.3 is 0 Å². The van der Waals surface area contributed by atoms with Crippen molar-refractivity contribution in [2.24, 2.45) is 0 Å². The molecule has 0 saturated carbocycles. The quantitative estimate of drug-likeness (QED) is 0.303. The number of ether oxygens (including phenoxy) is 1. The lowest BCUT2D eigenvalue weighted by atomic mass is 10.1. The zero-order chi connectivity index (χ0) is 25.8. The van der Waals surface area contributed by atoms with Crippen molar-refractivity contribution in [2.45, 2.75) is 20.5 Å². The van der Waals surface area contributed by atoms with Crippen LogP contribution in [0.5, 0.6) is 5.75 Å². The van der Waals surface area contributed by atoms with Gasteiger partial charge in [-0.15, -0.1) is 0 Å². The number of carbonyl (C=O) groups is 3. The van der Waals surface area contributed by atoms with Crippen molar-refractivity contribution in [3.8, 4) is 5.75 Å².